The van der Waals surface area contributed by atoms with Crippen LogP contribution in [-0.4, -0.2) is 38.0 Å². The Morgan fingerprint density at radius 2 is 1.35 bits per heavy atom. The number of methoxy groups -OCH3 is 2. The Morgan fingerprint density at radius 1 is 0.808 bits per heavy atom. The maximum atomic E-state index is 12.8. The monoisotopic (exact) mass is 353 g/mol. The van der Waals surface area contributed by atoms with Crippen LogP contribution in [0.5, 0.6) is 0 Å². The fourth-order valence-corrected chi connectivity index (χ4v) is 2.86. The number of nitrogens with zero attached hydrogens (tertiary/aromatic N) is 1. The van der Waals surface area contributed by atoms with Crippen molar-refractivity contribution in [3.8, 4) is 0 Å². The Bertz CT molecular complexity index is 962. The van der Waals surface area contributed by atoms with Crippen molar-refractivity contribution >= 4 is 29.4 Å². The van der Waals surface area contributed by atoms with Crippen molar-refractivity contribution in [3.05, 3.63) is 64.2 Å². The quantitative estimate of drug-likeness (QED) is 0.622. The molecule has 132 valence electrons. The summed E-state index contributed by atoms with van der Waals surface area (Å²) in [6, 6.07) is 8.76. The van der Waals surface area contributed by atoms with Crippen molar-refractivity contribution in [2.24, 2.45) is 0 Å². The van der Waals surface area contributed by atoms with Gasteiger partial charge in [-0.1, -0.05) is 0 Å². The van der Waals surface area contributed by atoms with Crippen LogP contribution < -0.4 is 4.90 Å². The Hall–Kier alpha value is -3.48. The molecular formula is C19H15NO6. The van der Waals surface area contributed by atoms with E-state index in [1.807, 2.05) is 0 Å². The van der Waals surface area contributed by atoms with Crippen molar-refractivity contribution < 1.29 is 28.7 Å². The van der Waals surface area contributed by atoms with Gasteiger partial charge in [0.1, 0.15) is 0 Å². The Balaban J connectivity index is 2.03. The average molecular weight is 353 g/mol. The number of amides is 2. The molecule has 0 saturated carbocycles. The Morgan fingerprint density at radius 3 is 1.92 bits per heavy atom. The van der Waals surface area contributed by atoms with Crippen LogP contribution in [0.3, 0.4) is 0 Å². The van der Waals surface area contributed by atoms with Crippen molar-refractivity contribution in [3.63, 3.8) is 0 Å². The number of benzene rings is 2. The van der Waals surface area contributed by atoms with Gasteiger partial charge in [0.2, 0.25) is 0 Å². The molecule has 26 heavy (non-hydrogen) atoms. The zero-order valence-corrected chi connectivity index (χ0v) is 14.4. The molecule has 1 heterocycles. The lowest BCUT2D eigenvalue weighted by Crippen LogP contribution is -2.30. The summed E-state index contributed by atoms with van der Waals surface area (Å²) in [4.78, 5) is 49.8. The van der Waals surface area contributed by atoms with Gasteiger partial charge in [-0.05, 0) is 48.9 Å². The summed E-state index contributed by atoms with van der Waals surface area (Å²) in [6.45, 7) is 1.69. The molecule has 1 aliphatic heterocycles. The fraction of sp³-hybridized carbons (Fsp3) is 0.158. The number of anilines is 1. The van der Waals surface area contributed by atoms with E-state index in [9.17, 15) is 19.2 Å². The number of carbonyl (C=O) groups excluding carboxylic acids is 4. The predicted octanol–water partition coefficient (Wildman–Crippen LogP) is 2.37. The number of hydrogen-bond acceptors (Lipinski definition) is 6. The van der Waals surface area contributed by atoms with Crippen molar-refractivity contribution in [1.29, 1.82) is 0 Å². The molecular weight excluding hydrogens is 338 g/mol. The maximum Gasteiger partial charge on any atom is 0.337 e. The van der Waals surface area contributed by atoms with Gasteiger partial charge in [-0.25, -0.2) is 14.5 Å². The summed E-state index contributed by atoms with van der Waals surface area (Å²) in [6.07, 6.45) is 0. The summed E-state index contributed by atoms with van der Waals surface area (Å²) in [5, 5.41) is 0. The molecule has 3 rings (SSSR count). The number of imide groups is 1. The number of fused-ring (bicyclic) bond motifs is 1. The van der Waals surface area contributed by atoms with E-state index in [1.54, 1.807) is 13.0 Å². The average Bonchev–Trinajstić information content (AvgIpc) is 2.90. The van der Waals surface area contributed by atoms with Crippen LogP contribution in [-0.2, 0) is 9.47 Å². The van der Waals surface area contributed by atoms with Crippen LogP contribution in [0, 0.1) is 6.92 Å². The van der Waals surface area contributed by atoms with E-state index in [2.05, 4.69) is 9.47 Å². The minimum Gasteiger partial charge on any atom is -0.465 e. The molecule has 0 aromatic heterocycles. The molecule has 0 aliphatic carbocycles. The summed E-state index contributed by atoms with van der Waals surface area (Å²) >= 11 is 0. The molecule has 1 aliphatic rings. The number of aryl methyl sites for hydroxylation is 1. The lowest BCUT2D eigenvalue weighted by atomic mass is 10.1. The lowest BCUT2D eigenvalue weighted by Gasteiger charge is -2.17. The molecule has 7 heteroatoms. The third-order valence-electron chi connectivity index (χ3n) is 4.17. The van der Waals surface area contributed by atoms with Gasteiger partial charge >= 0.3 is 11.9 Å². The van der Waals surface area contributed by atoms with Crippen LogP contribution in [0.2, 0.25) is 0 Å². The molecule has 0 unspecified atom stereocenters. The van der Waals surface area contributed by atoms with Gasteiger partial charge in [-0.3, -0.25) is 9.59 Å². The molecule has 0 fully saturated rings. The van der Waals surface area contributed by atoms with Gasteiger partial charge < -0.3 is 9.47 Å². The first-order valence-electron chi connectivity index (χ1n) is 7.69. The SMILES string of the molecule is COC(=O)c1ccc(N2C(=O)c3ccc(C(=O)OC)cc3C2=O)c(C)c1. The largest absolute Gasteiger partial charge is 0.465 e. The van der Waals surface area contributed by atoms with Crippen LogP contribution in [0.25, 0.3) is 0 Å². The number of esters is 2. The van der Waals surface area contributed by atoms with Gasteiger partial charge in [-0.15, -0.1) is 0 Å². The first-order valence-corrected chi connectivity index (χ1v) is 7.69. The minimum atomic E-state index is -0.592. The van der Waals surface area contributed by atoms with E-state index in [1.165, 1.54) is 44.6 Å². The lowest BCUT2D eigenvalue weighted by molar-refractivity contribution is 0.0591. The van der Waals surface area contributed by atoms with Gasteiger partial charge in [0, 0.05) is 0 Å². The molecule has 7 nitrogen and oxygen atoms in total. The first kappa shape index (κ1) is 17.3. The topological polar surface area (TPSA) is 90.0 Å². The van der Waals surface area contributed by atoms with E-state index in [0.717, 1.165) is 4.90 Å². The summed E-state index contributed by atoms with van der Waals surface area (Å²) in [7, 11) is 2.51. The third-order valence-corrected chi connectivity index (χ3v) is 4.17. The first-order chi connectivity index (χ1) is 12.4. The van der Waals surface area contributed by atoms with Crippen molar-refractivity contribution in [2.75, 3.05) is 19.1 Å². The minimum absolute atomic E-state index is 0.134. The van der Waals surface area contributed by atoms with Crippen LogP contribution in [0.4, 0.5) is 5.69 Å². The molecule has 2 aromatic carbocycles. The molecule has 0 spiro atoms. The Kier molecular flexibility index (Phi) is 4.29. The van der Waals surface area contributed by atoms with E-state index in [4.69, 9.17) is 0 Å². The van der Waals surface area contributed by atoms with Crippen LogP contribution >= 0.6 is 0 Å². The maximum absolute atomic E-state index is 12.8. The number of ether oxygens (including phenoxy) is 2. The highest BCUT2D eigenvalue weighted by Gasteiger charge is 2.38. The van der Waals surface area contributed by atoms with E-state index in [-0.39, 0.29) is 16.7 Å². The van der Waals surface area contributed by atoms with Crippen LogP contribution in [0.15, 0.2) is 36.4 Å². The van der Waals surface area contributed by atoms with Crippen LogP contribution in [0.1, 0.15) is 47.0 Å². The number of rotatable bonds is 3. The molecule has 0 N–H and O–H groups in total. The second kappa shape index (κ2) is 6.44. The predicted molar refractivity (Wildman–Crippen MR) is 91.4 cm³/mol. The standard InChI is InChI=1S/C19H15NO6/c1-10-8-11(18(23)25-2)5-7-15(10)20-16(21)13-6-4-12(19(24)26-3)9-14(13)17(20)22/h4-9H,1-3H3. The molecule has 0 saturated heterocycles. The smallest absolute Gasteiger partial charge is 0.337 e. The van der Waals surface area contributed by atoms with E-state index in [0.29, 0.717) is 16.8 Å². The number of carbonyl (C=O) groups is 4. The van der Waals surface area contributed by atoms with Gasteiger partial charge in [0.25, 0.3) is 11.8 Å². The summed E-state index contributed by atoms with van der Waals surface area (Å²) in [5.74, 6) is -2.13. The van der Waals surface area contributed by atoms with Crippen molar-refractivity contribution in [2.45, 2.75) is 6.92 Å². The second-order valence-electron chi connectivity index (χ2n) is 5.69. The van der Waals surface area contributed by atoms with Crippen molar-refractivity contribution in [1.82, 2.24) is 0 Å². The highest BCUT2D eigenvalue weighted by molar-refractivity contribution is 6.35. The highest BCUT2D eigenvalue weighted by Crippen LogP contribution is 2.31. The third kappa shape index (κ3) is 2.63. The highest BCUT2D eigenvalue weighted by atomic mass is 16.5. The normalized spacial score (nSPS) is 12.8. The van der Waals surface area contributed by atoms with Gasteiger partial charge in [-0.2, -0.15) is 0 Å². The van der Waals surface area contributed by atoms with Gasteiger partial charge in [0.15, 0.2) is 0 Å². The molecule has 2 aromatic rings. The molecule has 2 amide bonds. The zero-order valence-electron chi connectivity index (χ0n) is 14.4. The van der Waals surface area contributed by atoms with E-state index < -0.39 is 23.8 Å². The second-order valence-corrected chi connectivity index (χ2v) is 5.69. The molecule has 0 atom stereocenters. The molecule has 0 radical (unpaired) electrons. The van der Waals surface area contributed by atoms with E-state index >= 15 is 0 Å². The fourth-order valence-electron chi connectivity index (χ4n) is 2.86. The van der Waals surface area contributed by atoms with Gasteiger partial charge in [0.05, 0.1) is 42.2 Å². The molecule has 0 bridgehead atoms. The number of hydrogen-bond donors (Lipinski definition) is 0. The zero-order chi connectivity index (χ0) is 19.0. The Labute approximate surface area is 149 Å². The summed E-state index contributed by atoms with van der Waals surface area (Å²) < 4.78 is 9.31. The summed E-state index contributed by atoms with van der Waals surface area (Å²) in [5.41, 5.74) is 1.78.